The van der Waals surface area contributed by atoms with Gasteiger partial charge in [-0.05, 0) is 0 Å². The van der Waals surface area contributed by atoms with E-state index in [1.165, 1.54) is 6.42 Å². The molecule has 1 aliphatic carbocycles. The van der Waals surface area contributed by atoms with Gasteiger partial charge in [-0.2, -0.15) is 0 Å². The van der Waals surface area contributed by atoms with Crippen LogP contribution in [0.4, 0.5) is 0 Å². The van der Waals surface area contributed by atoms with Gasteiger partial charge in [-0.1, -0.05) is 0 Å². The molecule has 1 rings (SSSR count). The third kappa shape index (κ3) is 3.05. The van der Waals surface area contributed by atoms with Crippen molar-refractivity contribution in [1.29, 1.82) is 0 Å². The summed E-state index contributed by atoms with van der Waals surface area (Å²) in [4.78, 5) is 14.6. The van der Waals surface area contributed by atoms with Crippen LogP contribution in [0.2, 0.25) is 0 Å². The predicted molar refractivity (Wildman–Crippen MR) is 52.9 cm³/mol. The molecule has 0 spiro atoms. The quantitative estimate of drug-likeness (QED) is 0.539. The first-order chi connectivity index (χ1) is 6.75. The van der Waals surface area contributed by atoms with Crippen molar-refractivity contribution in [2.24, 2.45) is 10.9 Å². The van der Waals surface area contributed by atoms with Gasteiger partial charge in [0.2, 0.25) is 0 Å². The maximum atomic E-state index is 10.9. The van der Waals surface area contributed by atoms with Gasteiger partial charge in [0.15, 0.2) is 0 Å². The third-order valence-electron chi connectivity index (χ3n) is 2.66. The first-order valence-electron chi connectivity index (χ1n) is 4.95. The first-order valence-corrected chi connectivity index (χ1v) is 4.95. The maximum absolute atomic E-state index is 10.9. The van der Waals surface area contributed by atoms with Crippen LogP contribution in [0.3, 0.4) is 0 Å². The summed E-state index contributed by atoms with van der Waals surface area (Å²) in [6, 6.07) is -0.722. The van der Waals surface area contributed by atoms with Crippen LogP contribution in [0, 0.1) is 5.92 Å². The Hall–Kier alpha value is -0.995. The van der Waals surface area contributed by atoms with Gasteiger partial charge in [0, 0.05) is 0 Å². The van der Waals surface area contributed by atoms with Crippen molar-refractivity contribution >= 4 is 19.2 Å². The molecular weight excluding hydrogens is 181 g/mol. The summed E-state index contributed by atoms with van der Waals surface area (Å²) in [5, 5.41) is 8.92. The van der Waals surface area contributed by atoms with Gasteiger partial charge in [0.25, 0.3) is 0 Å². The Labute approximate surface area is 83.7 Å². The first kappa shape index (κ1) is 11.1. The summed E-state index contributed by atoms with van der Waals surface area (Å²) in [6.07, 6.45) is 6.20. The number of rotatable bonds is 4. The second-order valence-corrected chi connectivity index (χ2v) is 3.62. The molecule has 76 valence electrons. The molecular formula is C9H14BNO3. The molecule has 1 fully saturated rings. The predicted octanol–water partition coefficient (Wildman–Crippen LogP) is 1.10. The van der Waals surface area contributed by atoms with Crippen LogP contribution in [-0.4, -0.2) is 30.4 Å². The van der Waals surface area contributed by atoms with Crippen LogP contribution in [0.25, 0.3) is 0 Å². The molecule has 0 heterocycles. The SMILES string of the molecule is O=BC=NC(C(=O)O)C1CCCCC1. The van der Waals surface area contributed by atoms with Gasteiger partial charge in [0.1, 0.15) is 0 Å². The van der Waals surface area contributed by atoms with Crippen molar-refractivity contribution in [1.82, 2.24) is 0 Å². The fourth-order valence-electron chi connectivity index (χ4n) is 1.96. The fourth-order valence-corrected chi connectivity index (χ4v) is 1.96. The zero-order valence-corrected chi connectivity index (χ0v) is 8.06. The molecule has 0 radical (unpaired) electrons. The van der Waals surface area contributed by atoms with Crippen LogP contribution < -0.4 is 0 Å². The minimum absolute atomic E-state index is 0.109. The van der Waals surface area contributed by atoms with E-state index < -0.39 is 12.0 Å². The van der Waals surface area contributed by atoms with E-state index in [0.717, 1.165) is 31.8 Å². The molecule has 1 atom stereocenters. The number of hydrogen-bond donors (Lipinski definition) is 1. The zero-order valence-electron chi connectivity index (χ0n) is 8.06. The number of aliphatic carboxylic acids is 1. The topological polar surface area (TPSA) is 66.7 Å². The van der Waals surface area contributed by atoms with E-state index in [-0.39, 0.29) is 5.92 Å². The van der Waals surface area contributed by atoms with Crippen molar-refractivity contribution in [3.05, 3.63) is 0 Å². The monoisotopic (exact) mass is 195 g/mol. The Morgan fingerprint density at radius 1 is 1.43 bits per heavy atom. The number of carbonyl (C=O) groups is 1. The Kier molecular flexibility index (Phi) is 4.49. The van der Waals surface area contributed by atoms with Crippen molar-refractivity contribution < 1.29 is 14.6 Å². The van der Waals surface area contributed by atoms with Gasteiger partial charge in [0.05, 0.1) is 0 Å². The Bertz CT molecular complexity index is 236. The van der Waals surface area contributed by atoms with Crippen LogP contribution >= 0.6 is 0 Å². The minimum atomic E-state index is -0.921. The molecule has 0 amide bonds. The van der Waals surface area contributed by atoms with Crippen LogP contribution in [-0.2, 0) is 9.50 Å². The summed E-state index contributed by atoms with van der Waals surface area (Å²) in [6.45, 7) is 0. The molecule has 0 aliphatic heterocycles. The van der Waals surface area contributed by atoms with E-state index in [9.17, 15) is 9.50 Å². The van der Waals surface area contributed by atoms with Crippen molar-refractivity contribution in [3.8, 4) is 0 Å². The molecule has 0 bridgehead atoms. The molecule has 0 aromatic heterocycles. The molecule has 1 saturated carbocycles. The van der Waals surface area contributed by atoms with Gasteiger partial charge >= 0.3 is 82.9 Å². The van der Waals surface area contributed by atoms with Gasteiger partial charge in [-0.25, -0.2) is 0 Å². The summed E-state index contributed by atoms with van der Waals surface area (Å²) in [5.41, 5.74) is 0. The average Bonchev–Trinajstić information content (AvgIpc) is 2.19. The molecule has 0 aromatic carbocycles. The van der Waals surface area contributed by atoms with E-state index in [1.54, 1.807) is 0 Å². The Balaban J connectivity index is 2.60. The third-order valence-corrected chi connectivity index (χ3v) is 2.66. The molecule has 14 heavy (non-hydrogen) atoms. The van der Waals surface area contributed by atoms with Crippen molar-refractivity contribution in [3.63, 3.8) is 0 Å². The van der Waals surface area contributed by atoms with Crippen LogP contribution in [0.15, 0.2) is 4.99 Å². The van der Waals surface area contributed by atoms with E-state index >= 15 is 0 Å². The van der Waals surface area contributed by atoms with E-state index in [0.29, 0.717) is 7.15 Å². The molecule has 5 heteroatoms. The summed E-state index contributed by atoms with van der Waals surface area (Å²) < 4.78 is 10.1. The van der Waals surface area contributed by atoms with Gasteiger partial charge < -0.3 is 0 Å². The van der Waals surface area contributed by atoms with Gasteiger partial charge in [-0.3, -0.25) is 0 Å². The second-order valence-electron chi connectivity index (χ2n) is 3.62. The van der Waals surface area contributed by atoms with E-state index in [1.807, 2.05) is 0 Å². The van der Waals surface area contributed by atoms with Crippen LogP contribution in [0.5, 0.6) is 0 Å². The summed E-state index contributed by atoms with van der Waals surface area (Å²) >= 11 is 0. The number of carboxylic acids is 1. The standard InChI is InChI=1S/C9H14BNO3/c12-9(13)8(11-6-10-14)7-4-2-1-3-5-7/h6-8H,1-5H2,(H,12,13). The molecule has 1 N–H and O–H groups in total. The van der Waals surface area contributed by atoms with E-state index in [2.05, 4.69) is 4.99 Å². The molecule has 0 saturated heterocycles. The Morgan fingerprint density at radius 2 is 2.07 bits per heavy atom. The zero-order chi connectivity index (χ0) is 10.4. The molecule has 1 aliphatic rings. The van der Waals surface area contributed by atoms with Crippen molar-refractivity contribution in [2.75, 3.05) is 0 Å². The van der Waals surface area contributed by atoms with Crippen LogP contribution in [0.1, 0.15) is 32.1 Å². The Morgan fingerprint density at radius 3 is 2.57 bits per heavy atom. The average molecular weight is 195 g/mol. The van der Waals surface area contributed by atoms with Gasteiger partial charge in [-0.15, -0.1) is 0 Å². The normalized spacial score (nSPS) is 20.6. The number of carboxylic acid groups (broad SMARTS) is 1. The molecule has 4 nitrogen and oxygen atoms in total. The number of aliphatic imine (C=N–C) groups is 1. The number of nitrogens with zero attached hydrogens (tertiary/aromatic N) is 1. The number of hydrogen-bond acceptors (Lipinski definition) is 3. The molecule has 1 unspecified atom stereocenters. The van der Waals surface area contributed by atoms with Crippen molar-refractivity contribution in [2.45, 2.75) is 38.1 Å². The molecule has 0 aromatic rings. The summed E-state index contributed by atoms with van der Waals surface area (Å²) in [7, 11) is 0.527. The fraction of sp³-hybridized carbons (Fsp3) is 0.778. The second kappa shape index (κ2) is 5.68. The van der Waals surface area contributed by atoms with E-state index in [4.69, 9.17) is 5.11 Å². The summed E-state index contributed by atoms with van der Waals surface area (Å²) in [5.74, 6) is -0.813.